The molecule has 0 spiro atoms. The average molecular weight is 432 g/mol. The largest absolute Gasteiger partial charge is 0.494 e. The summed E-state index contributed by atoms with van der Waals surface area (Å²) >= 11 is 0. The van der Waals surface area contributed by atoms with Crippen LogP contribution < -0.4 is 4.74 Å². The molecule has 9 heteroatoms. The summed E-state index contributed by atoms with van der Waals surface area (Å²) in [6.07, 6.45) is 2.92. The van der Waals surface area contributed by atoms with Crippen LogP contribution in [0, 0.1) is 11.6 Å². The molecule has 0 atom stereocenters. The van der Waals surface area contributed by atoms with Crippen molar-refractivity contribution in [2.24, 2.45) is 7.05 Å². The van der Waals surface area contributed by atoms with Gasteiger partial charge in [-0.1, -0.05) is 6.07 Å². The molecular weight excluding hydrogens is 414 g/mol. The first-order chi connectivity index (χ1) is 14.3. The van der Waals surface area contributed by atoms with E-state index in [0.717, 1.165) is 16.1 Å². The normalized spacial score (nSPS) is 11.9. The topological polar surface area (TPSA) is 73.5 Å². The lowest BCUT2D eigenvalue weighted by Crippen LogP contribution is -2.14. The number of aliphatic hydroxyl groups is 1. The Balaban J connectivity index is 2.06. The maximum Gasteiger partial charge on any atom is 0.268 e. The number of hydrogen-bond acceptors (Lipinski definition) is 4. The van der Waals surface area contributed by atoms with Crippen LogP contribution in [0.25, 0.3) is 22.2 Å². The van der Waals surface area contributed by atoms with E-state index in [9.17, 15) is 22.3 Å². The van der Waals surface area contributed by atoms with Crippen LogP contribution in [0.1, 0.15) is 5.56 Å². The van der Waals surface area contributed by atoms with E-state index >= 15 is 0 Å². The molecule has 4 aromatic rings. The van der Waals surface area contributed by atoms with Crippen molar-refractivity contribution in [3.63, 3.8) is 0 Å². The highest BCUT2D eigenvalue weighted by Gasteiger charge is 2.29. The molecule has 0 aliphatic rings. The molecule has 0 saturated heterocycles. The minimum absolute atomic E-state index is 0.00603. The third-order valence-electron chi connectivity index (χ3n) is 4.99. The zero-order valence-electron chi connectivity index (χ0n) is 16.1. The number of fused-ring (bicyclic) bond motifs is 1. The number of aliphatic hydroxyl groups excluding tert-OH is 1. The first-order valence-corrected chi connectivity index (χ1v) is 10.4. The van der Waals surface area contributed by atoms with Crippen LogP contribution in [0.3, 0.4) is 0 Å². The molecular formula is C21H18F2N2O4S. The summed E-state index contributed by atoms with van der Waals surface area (Å²) in [5, 5.41) is 10.2. The van der Waals surface area contributed by atoms with Crippen molar-refractivity contribution < 1.29 is 27.0 Å². The van der Waals surface area contributed by atoms with Gasteiger partial charge in [-0.15, -0.1) is 0 Å². The predicted molar refractivity (Wildman–Crippen MR) is 108 cm³/mol. The Labute approximate surface area is 171 Å². The second kappa shape index (κ2) is 7.26. The second-order valence-electron chi connectivity index (χ2n) is 6.73. The maximum absolute atomic E-state index is 14.6. The molecule has 0 aliphatic heterocycles. The summed E-state index contributed by atoms with van der Waals surface area (Å²) in [5.41, 5.74) is 0.552. The number of aryl methyl sites for hydroxylation is 1. The van der Waals surface area contributed by atoms with Crippen molar-refractivity contribution in [2.75, 3.05) is 7.11 Å². The van der Waals surface area contributed by atoms with Crippen molar-refractivity contribution in [3.8, 4) is 17.0 Å². The Hall–Kier alpha value is -3.17. The van der Waals surface area contributed by atoms with Gasteiger partial charge in [-0.05, 0) is 30.3 Å². The highest BCUT2D eigenvalue weighted by atomic mass is 32.2. The van der Waals surface area contributed by atoms with Crippen molar-refractivity contribution in [3.05, 3.63) is 72.1 Å². The summed E-state index contributed by atoms with van der Waals surface area (Å²) in [4.78, 5) is 0.00603. The van der Waals surface area contributed by atoms with Crippen molar-refractivity contribution in [1.82, 2.24) is 8.54 Å². The lowest BCUT2D eigenvalue weighted by atomic mass is 10.1. The van der Waals surface area contributed by atoms with Crippen LogP contribution in [-0.2, 0) is 23.7 Å². The predicted octanol–water partition coefficient (Wildman–Crippen LogP) is 3.66. The molecule has 156 valence electrons. The van der Waals surface area contributed by atoms with Crippen LogP contribution in [0.15, 0.2) is 59.8 Å². The molecule has 0 amide bonds. The fraction of sp³-hybridized carbons (Fsp3) is 0.143. The molecule has 6 nitrogen and oxygen atoms in total. The van der Waals surface area contributed by atoms with E-state index in [2.05, 4.69) is 0 Å². The quantitative estimate of drug-likeness (QED) is 0.522. The average Bonchev–Trinajstić information content (AvgIpc) is 3.29. The van der Waals surface area contributed by atoms with Crippen LogP contribution >= 0.6 is 0 Å². The zero-order valence-corrected chi connectivity index (χ0v) is 17.0. The Kier molecular flexibility index (Phi) is 4.87. The molecule has 0 bridgehead atoms. The monoisotopic (exact) mass is 432 g/mol. The minimum atomic E-state index is -4.23. The number of aromatic nitrogens is 2. The Bertz CT molecular complexity index is 1370. The van der Waals surface area contributed by atoms with Crippen molar-refractivity contribution in [1.29, 1.82) is 0 Å². The fourth-order valence-electron chi connectivity index (χ4n) is 3.57. The lowest BCUT2D eigenvalue weighted by Gasteiger charge is -2.14. The molecule has 2 aromatic heterocycles. The number of halogens is 2. The SMILES string of the molecule is COc1c(CO)cn(S(=O)(=O)c2cccc3c2ccn3C)c1-c1ccc(F)cc1F. The van der Waals surface area contributed by atoms with E-state index in [0.29, 0.717) is 17.0 Å². The summed E-state index contributed by atoms with van der Waals surface area (Å²) in [6.45, 7) is -0.531. The van der Waals surface area contributed by atoms with Crippen LogP contribution in [0.5, 0.6) is 5.75 Å². The molecule has 30 heavy (non-hydrogen) atoms. The van der Waals surface area contributed by atoms with Gasteiger partial charge in [-0.2, -0.15) is 0 Å². The molecule has 0 unspecified atom stereocenters. The van der Waals surface area contributed by atoms with E-state index in [4.69, 9.17) is 4.74 Å². The summed E-state index contributed by atoms with van der Waals surface area (Å²) in [6, 6.07) is 9.35. The molecule has 0 fully saturated rings. The van der Waals surface area contributed by atoms with Crippen LogP contribution in [0.2, 0.25) is 0 Å². The van der Waals surface area contributed by atoms with Crippen molar-refractivity contribution in [2.45, 2.75) is 11.5 Å². The summed E-state index contributed by atoms with van der Waals surface area (Å²) < 4.78 is 63.3. The van der Waals surface area contributed by atoms with E-state index in [1.807, 2.05) is 0 Å². The van der Waals surface area contributed by atoms with Gasteiger partial charge in [0, 0.05) is 47.5 Å². The zero-order chi connectivity index (χ0) is 21.6. The van der Waals surface area contributed by atoms with Gasteiger partial charge in [0.25, 0.3) is 10.0 Å². The summed E-state index contributed by atoms with van der Waals surface area (Å²) in [5.74, 6) is -1.76. The van der Waals surface area contributed by atoms with Gasteiger partial charge in [-0.25, -0.2) is 21.2 Å². The highest BCUT2D eigenvalue weighted by molar-refractivity contribution is 7.90. The molecule has 4 rings (SSSR count). The van der Waals surface area contributed by atoms with Crippen LogP contribution in [-0.4, -0.2) is 29.2 Å². The van der Waals surface area contributed by atoms with Crippen molar-refractivity contribution >= 4 is 20.9 Å². The maximum atomic E-state index is 14.6. The standard InChI is InChI=1S/C21H18F2N2O4S/c1-24-9-8-16-18(24)4-3-5-19(16)30(27,28)25-11-13(12-26)21(29-2)20(25)15-7-6-14(22)10-17(15)23/h3-11,26H,12H2,1-2H3. The van der Waals surface area contributed by atoms with E-state index < -0.39 is 28.3 Å². The van der Waals surface area contributed by atoms with Gasteiger partial charge in [0.2, 0.25) is 0 Å². The van der Waals surface area contributed by atoms with Gasteiger partial charge in [-0.3, -0.25) is 0 Å². The number of ether oxygens (including phenoxy) is 1. The Morgan fingerprint density at radius 1 is 1.13 bits per heavy atom. The third-order valence-corrected chi connectivity index (χ3v) is 6.70. The lowest BCUT2D eigenvalue weighted by molar-refractivity contribution is 0.274. The highest BCUT2D eigenvalue weighted by Crippen LogP contribution is 2.39. The number of hydrogen-bond donors (Lipinski definition) is 1. The summed E-state index contributed by atoms with van der Waals surface area (Å²) in [7, 11) is -1.15. The van der Waals surface area contributed by atoms with E-state index in [1.165, 1.54) is 19.4 Å². The number of benzene rings is 2. The molecule has 0 radical (unpaired) electrons. The molecule has 2 aromatic carbocycles. The number of methoxy groups -OCH3 is 1. The van der Waals surface area contributed by atoms with E-state index in [-0.39, 0.29) is 27.5 Å². The number of rotatable bonds is 5. The van der Waals surface area contributed by atoms with Crippen LogP contribution in [0.4, 0.5) is 8.78 Å². The van der Waals surface area contributed by atoms with Gasteiger partial charge >= 0.3 is 0 Å². The first kappa shape index (κ1) is 20.1. The Morgan fingerprint density at radius 3 is 2.57 bits per heavy atom. The Morgan fingerprint density at radius 2 is 1.90 bits per heavy atom. The fourth-order valence-corrected chi connectivity index (χ4v) is 5.18. The van der Waals surface area contributed by atoms with Gasteiger partial charge < -0.3 is 14.4 Å². The first-order valence-electron chi connectivity index (χ1n) is 8.93. The second-order valence-corrected chi connectivity index (χ2v) is 8.52. The van der Waals surface area contributed by atoms with E-state index in [1.54, 1.807) is 36.0 Å². The van der Waals surface area contributed by atoms with Gasteiger partial charge in [0.05, 0.1) is 18.6 Å². The third kappa shape index (κ3) is 2.98. The smallest absolute Gasteiger partial charge is 0.268 e. The molecule has 1 N–H and O–H groups in total. The molecule has 0 saturated carbocycles. The molecule has 0 aliphatic carbocycles. The number of nitrogens with zero attached hydrogens (tertiary/aromatic N) is 2. The molecule has 2 heterocycles. The minimum Gasteiger partial charge on any atom is -0.494 e. The van der Waals surface area contributed by atoms with Gasteiger partial charge in [0.1, 0.15) is 17.3 Å². The van der Waals surface area contributed by atoms with Gasteiger partial charge in [0.15, 0.2) is 5.75 Å².